The van der Waals surface area contributed by atoms with Crippen LogP contribution in [0.2, 0.25) is 0 Å². The largest absolute Gasteiger partial charge is 0.361 e. The Morgan fingerprint density at radius 3 is 2.26 bits per heavy atom. The summed E-state index contributed by atoms with van der Waals surface area (Å²) in [6.45, 7) is 1.75. The Kier molecular flexibility index (Phi) is 9.07. The lowest BCUT2D eigenvalue weighted by atomic mass is 10.1. The van der Waals surface area contributed by atoms with E-state index >= 15 is 0 Å². The highest BCUT2D eigenvalue weighted by atomic mass is 32.2. The number of aryl methyl sites for hydroxylation is 1. The zero-order valence-electron chi connectivity index (χ0n) is 24.7. The number of para-hydroxylation sites is 1. The van der Waals surface area contributed by atoms with Gasteiger partial charge >= 0.3 is 0 Å². The molecule has 2 heterocycles. The van der Waals surface area contributed by atoms with Gasteiger partial charge in [0.2, 0.25) is 5.91 Å². The molecule has 0 aliphatic rings. The molecule has 0 saturated carbocycles. The molecule has 0 saturated heterocycles. The Morgan fingerprint density at radius 1 is 0.848 bits per heavy atom. The molecule has 228 valence electrons. The van der Waals surface area contributed by atoms with Crippen molar-refractivity contribution in [3.8, 4) is 0 Å². The quantitative estimate of drug-likeness (QED) is 0.0929. The van der Waals surface area contributed by atoms with Crippen LogP contribution in [0.4, 0.5) is 11.5 Å². The van der Waals surface area contributed by atoms with Crippen molar-refractivity contribution >= 4 is 58.0 Å². The minimum Gasteiger partial charge on any atom is -0.361 e. The summed E-state index contributed by atoms with van der Waals surface area (Å²) in [7, 11) is 0. The van der Waals surface area contributed by atoms with Gasteiger partial charge in [-0.1, -0.05) is 71.9 Å². The molecule has 4 N–H and O–H groups in total. The highest BCUT2D eigenvalue weighted by Crippen LogP contribution is 2.36. The first-order valence-electron chi connectivity index (χ1n) is 14.4. The predicted molar refractivity (Wildman–Crippen MR) is 180 cm³/mol. The lowest BCUT2D eigenvalue weighted by Gasteiger charge is -2.16. The number of H-pyrrole nitrogens is 1. The summed E-state index contributed by atoms with van der Waals surface area (Å²) >= 11 is 1.36. The normalized spacial score (nSPS) is 12.0. The third kappa shape index (κ3) is 7.25. The number of benzene rings is 4. The average Bonchev–Trinajstić information content (AvgIpc) is 3.69. The van der Waals surface area contributed by atoms with Crippen LogP contribution in [0.15, 0.2) is 137 Å². The lowest BCUT2D eigenvalue weighted by Crippen LogP contribution is -2.30. The van der Waals surface area contributed by atoms with Gasteiger partial charge in [-0.3, -0.25) is 14.4 Å². The van der Waals surface area contributed by atoms with Crippen molar-refractivity contribution in [3.05, 3.63) is 150 Å². The molecule has 0 aliphatic heterocycles. The van der Waals surface area contributed by atoms with Gasteiger partial charge in [-0.15, -0.1) is 11.8 Å². The maximum absolute atomic E-state index is 13.6. The molecule has 46 heavy (non-hydrogen) atoms. The molecule has 10 heteroatoms. The van der Waals surface area contributed by atoms with Crippen LogP contribution in [-0.4, -0.2) is 27.9 Å². The average molecular weight is 628 g/mol. The van der Waals surface area contributed by atoms with Gasteiger partial charge in [0, 0.05) is 44.9 Å². The van der Waals surface area contributed by atoms with E-state index in [9.17, 15) is 14.4 Å². The third-order valence-electron chi connectivity index (χ3n) is 7.04. The number of hydrogen-bond acceptors (Lipinski definition) is 6. The number of thioether (sulfide) groups is 1. The minimum absolute atomic E-state index is 0.0842. The summed E-state index contributed by atoms with van der Waals surface area (Å²) in [6.07, 6.45) is 3.44. The van der Waals surface area contributed by atoms with E-state index in [-0.39, 0.29) is 11.6 Å². The number of fused-ring (bicyclic) bond motifs is 1. The van der Waals surface area contributed by atoms with E-state index in [4.69, 9.17) is 4.52 Å². The molecule has 0 spiro atoms. The Hall–Kier alpha value is -5.87. The predicted octanol–water partition coefficient (Wildman–Crippen LogP) is 7.35. The summed E-state index contributed by atoms with van der Waals surface area (Å²) in [5, 5.41) is 12.7. The lowest BCUT2D eigenvalue weighted by molar-refractivity contribution is -0.116. The number of aromatic nitrogens is 2. The first kappa shape index (κ1) is 30.2. The number of rotatable bonds is 10. The zero-order valence-corrected chi connectivity index (χ0v) is 25.5. The maximum Gasteiger partial charge on any atom is 0.272 e. The Bertz CT molecular complexity index is 2020. The topological polar surface area (TPSA) is 129 Å². The van der Waals surface area contributed by atoms with Crippen molar-refractivity contribution in [1.82, 2.24) is 15.5 Å². The van der Waals surface area contributed by atoms with Gasteiger partial charge < -0.3 is 25.5 Å². The van der Waals surface area contributed by atoms with Crippen LogP contribution < -0.4 is 16.0 Å². The highest BCUT2D eigenvalue weighted by molar-refractivity contribution is 8.00. The monoisotopic (exact) mass is 627 g/mol. The van der Waals surface area contributed by atoms with Gasteiger partial charge in [0.1, 0.15) is 16.7 Å². The first-order chi connectivity index (χ1) is 22.4. The number of aromatic amines is 1. The molecular formula is C36H29N5O4S. The SMILES string of the molecule is Cc1cc(NC(=O)C(Sc2ccc(NC(=O)/C(=C/c3c[nH]c4ccccc34)NC(=O)c3ccccc3)cc2)c2ccccc2)no1. The van der Waals surface area contributed by atoms with Crippen molar-refractivity contribution in [2.45, 2.75) is 17.1 Å². The van der Waals surface area contributed by atoms with Crippen molar-refractivity contribution in [2.75, 3.05) is 10.6 Å². The van der Waals surface area contributed by atoms with E-state index in [1.165, 1.54) is 11.8 Å². The number of carbonyl (C=O) groups is 3. The molecule has 6 rings (SSSR count). The number of anilines is 2. The molecule has 0 bridgehead atoms. The fraction of sp³-hybridized carbons (Fsp3) is 0.0556. The van der Waals surface area contributed by atoms with Gasteiger partial charge in [0.05, 0.1) is 0 Å². The van der Waals surface area contributed by atoms with Crippen LogP contribution in [0.25, 0.3) is 17.0 Å². The second-order valence-electron chi connectivity index (χ2n) is 10.4. The number of nitrogens with zero attached hydrogens (tertiary/aromatic N) is 1. The van der Waals surface area contributed by atoms with E-state index in [0.717, 1.165) is 26.9 Å². The van der Waals surface area contributed by atoms with E-state index in [1.807, 2.05) is 72.8 Å². The molecule has 1 unspecified atom stereocenters. The molecule has 3 amide bonds. The van der Waals surface area contributed by atoms with E-state index in [0.29, 0.717) is 22.8 Å². The van der Waals surface area contributed by atoms with E-state index in [2.05, 4.69) is 26.1 Å². The summed E-state index contributed by atoms with van der Waals surface area (Å²) in [6, 6.07) is 34.7. The minimum atomic E-state index is -0.572. The van der Waals surface area contributed by atoms with Crippen molar-refractivity contribution in [3.63, 3.8) is 0 Å². The van der Waals surface area contributed by atoms with Gasteiger partial charge in [-0.05, 0) is 61.0 Å². The summed E-state index contributed by atoms with van der Waals surface area (Å²) in [5.74, 6) is -0.198. The Morgan fingerprint density at radius 2 is 1.54 bits per heavy atom. The van der Waals surface area contributed by atoms with Gasteiger partial charge in [0.15, 0.2) is 5.82 Å². The fourth-order valence-corrected chi connectivity index (χ4v) is 5.81. The Balaban J connectivity index is 1.21. The van der Waals surface area contributed by atoms with Crippen molar-refractivity contribution < 1.29 is 18.9 Å². The molecule has 6 aromatic rings. The zero-order chi connectivity index (χ0) is 31.9. The van der Waals surface area contributed by atoms with Gasteiger partial charge in [-0.2, -0.15) is 0 Å². The standard InChI is InChI=1S/C36H29N5O4S/c1-23-20-32(41-45-23)40-36(44)33(24-10-4-2-5-11-24)46-28-18-16-27(17-19-28)38-35(43)31(39-34(42)25-12-6-3-7-13-25)21-26-22-37-30-15-9-8-14-29(26)30/h2-22,33,37H,1H3,(H,38,43)(H,39,42)(H,40,41,44)/b31-21-. The second kappa shape index (κ2) is 13.8. The van der Waals surface area contributed by atoms with Crippen LogP contribution in [0.5, 0.6) is 0 Å². The number of nitrogens with one attached hydrogen (secondary N) is 4. The third-order valence-corrected chi connectivity index (χ3v) is 8.30. The second-order valence-corrected chi connectivity index (χ2v) is 11.5. The van der Waals surface area contributed by atoms with Crippen LogP contribution >= 0.6 is 11.8 Å². The highest BCUT2D eigenvalue weighted by Gasteiger charge is 2.23. The van der Waals surface area contributed by atoms with Crippen LogP contribution in [0.1, 0.15) is 32.5 Å². The van der Waals surface area contributed by atoms with Crippen LogP contribution in [0.3, 0.4) is 0 Å². The fourth-order valence-electron chi connectivity index (χ4n) is 4.78. The smallest absolute Gasteiger partial charge is 0.272 e. The number of carbonyl (C=O) groups excluding carboxylic acids is 3. The summed E-state index contributed by atoms with van der Waals surface area (Å²) < 4.78 is 5.09. The number of hydrogen-bond donors (Lipinski definition) is 4. The molecule has 1 atom stereocenters. The van der Waals surface area contributed by atoms with Gasteiger partial charge in [-0.25, -0.2) is 0 Å². The summed E-state index contributed by atoms with van der Waals surface area (Å²) in [5.41, 5.74) is 3.52. The Labute approximate surface area is 269 Å². The van der Waals surface area contributed by atoms with Crippen molar-refractivity contribution in [2.24, 2.45) is 0 Å². The van der Waals surface area contributed by atoms with Crippen LogP contribution in [-0.2, 0) is 9.59 Å². The maximum atomic E-state index is 13.6. The molecule has 0 radical (unpaired) electrons. The molecule has 0 aliphatic carbocycles. The van der Waals surface area contributed by atoms with E-state index in [1.54, 1.807) is 61.7 Å². The van der Waals surface area contributed by atoms with Crippen LogP contribution in [0, 0.1) is 6.92 Å². The molecule has 4 aromatic carbocycles. The molecule has 0 fully saturated rings. The van der Waals surface area contributed by atoms with Crippen molar-refractivity contribution in [1.29, 1.82) is 0 Å². The molecular weight excluding hydrogens is 598 g/mol. The summed E-state index contributed by atoms with van der Waals surface area (Å²) in [4.78, 5) is 43.9. The van der Waals surface area contributed by atoms with Gasteiger partial charge in [0.25, 0.3) is 11.8 Å². The van der Waals surface area contributed by atoms with E-state index < -0.39 is 17.1 Å². The molecule has 9 nitrogen and oxygen atoms in total. The first-order valence-corrected chi connectivity index (χ1v) is 15.3. The molecule has 2 aromatic heterocycles. The number of amides is 3.